The lowest BCUT2D eigenvalue weighted by atomic mass is 10.0. The van der Waals surface area contributed by atoms with Crippen molar-refractivity contribution in [1.29, 1.82) is 5.26 Å². The summed E-state index contributed by atoms with van der Waals surface area (Å²) in [6.07, 6.45) is 1.48. The zero-order valence-electron chi connectivity index (χ0n) is 21.5. The molecule has 196 valence electrons. The summed E-state index contributed by atoms with van der Waals surface area (Å²) in [4.78, 5) is 17.6. The van der Waals surface area contributed by atoms with Crippen LogP contribution in [0.3, 0.4) is 0 Å². The summed E-state index contributed by atoms with van der Waals surface area (Å²) < 4.78 is 35.4. The third-order valence-corrected chi connectivity index (χ3v) is 8.72. The van der Waals surface area contributed by atoms with Gasteiger partial charge < -0.3 is 19.5 Å². The number of rotatable bonds is 8. The number of amides is 1. The number of hydrogen-bond acceptors (Lipinski definition) is 7. The number of furan rings is 1. The van der Waals surface area contributed by atoms with Gasteiger partial charge in [0.2, 0.25) is 15.9 Å². The third-order valence-electron chi connectivity index (χ3n) is 7.25. The minimum atomic E-state index is -4.01. The lowest BCUT2D eigenvalue weighted by Crippen LogP contribution is -2.50. The molecule has 1 aliphatic carbocycles. The molecule has 2 heterocycles. The van der Waals surface area contributed by atoms with E-state index in [4.69, 9.17) is 4.42 Å². The van der Waals surface area contributed by atoms with Crippen molar-refractivity contribution in [2.24, 2.45) is 5.92 Å². The van der Waals surface area contributed by atoms with E-state index in [0.29, 0.717) is 35.8 Å². The Morgan fingerprint density at radius 1 is 1.08 bits per heavy atom. The summed E-state index contributed by atoms with van der Waals surface area (Å²) in [5.74, 6) is -0.395. The Labute approximate surface area is 217 Å². The van der Waals surface area contributed by atoms with E-state index < -0.39 is 27.5 Å². The molecule has 1 atom stereocenters. The number of piperazine rings is 1. The van der Waals surface area contributed by atoms with Crippen LogP contribution in [0.4, 0.5) is 5.69 Å². The summed E-state index contributed by atoms with van der Waals surface area (Å²) in [7, 11) is -1.89. The van der Waals surface area contributed by atoms with Crippen molar-refractivity contribution in [1.82, 2.24) is 14.9 Å². The Morgan fingerprint density at radius 3 is 2.46 bits per heavy atom. The molecule has 0 spiro atoms. The summed E-state index contributed by atoms with van der Waals surface area (Å²) >= 11 is 0. The molecule has 2 aromatic carbocycles. The molecule has 10 heteroatoms. The first-order chi connectivity index (χ1) is 17.6. The normalized spacial score (nSPS) is 18.7. The van der Waals surface area contributed by atoms with Gasteiger partial charge in [0.1, 0.15) is 22.7 Å². The number of nitrogens with one attached hydrogen (secondary N) is 2. The number of carbonyl (C=O) groups excluding carboxylic acids is 1. The molecule has 1 saturated carbocycles. The van der Waals surface area contributed by atoms with Crippen molar-refractivity contribution < 1.29 is 17.6 Å². The Kier molecular flexibility index (Phi) is 6.64. The molecule has 0 unspecified atom stereocenters. The predicted octanol–water partition coefficient (Wildman–Crippen LogP) is 3.20. The lowest BCUT2D eigenvalue weighted by molar-refractivity contribution is -0.123. The number of hydrogen-bond donors (Lipinski definition) is 2. The summed E-state index contributed by atoms with van der Waals surface area (Å²) in [5.41, 5.74) is 1.53. The number of sulfonamides is 1. The number of anilines is 1. The van der Waals surface area contributed by atoms with Crippen LogP contribution in [-0.2, 0) is 14.8 Å². The van der Waals surface area contributed by atoms with E-state index in [9.17, 15) is 18.5 Å². The quantitative estimate of drug-likeness (QED) is 0.465. The molecular formula is C27H33N5O4S. The van der Waals surface area contributed by atoms with Crippen LogP contribution in [0, 0.1) is 17.2 Å². The first-order valence-corrected chi connectivity index (χ1v) is 14.2. The van der Waals surface area contributed by atoms with E-state index in [0.717, 1.165) is 37.3 Å². The SMILES string of the molecule is CC(C)C[C@H](NS(=O)(=O)c1ccc2oc3cc(N4CCN(C)CC4)ccc3c2c1)C(=O)NC1(C#N)CC1. The van der Waals surface area contributed by atoms with Crippen LogP contribution < -0.4 is 14.9 Å². The van der Waals surface area contributed by atoms with Gasteiger partial charge in [0.25, 0.3) is 0 Å². The highest BCUT2D eigenvalue weighted by Crippen LogP contribution is 2.35. The van der Waals surface area contributed by atoms with Crippen molar-refractivity contribution in [3.05, 3.63) is 36.4 Å². The monoisotopic (exact) mass is 523 g/mol. The van der Waals surface area contributed by atoms with E-state index in [1.165, 1.54) is 6.07 Å². The molecular weight excluding hydrogens is 490 g/mol. The number of benzene rings is 2. The highest BCUT2D eigenvalue weighted by atomic mass is 32.2. The second-order valence-electron chi connectivity index (χ2n) is 10.7. The van der Waals surface area contributed by atoms with Gasteiger partial charge in [-0.05, 0) is 62.6 Å². The van der Waals surface area contributed by atoms with Crippen molar-refractivity contribution in [2.75, 3.05) is 38.1 Å². The van der Waals surface area contributed by atoms with Crippen LogP contribution in [0.25, 0.3) is 21.9 Å². The molecule has 1 amide bonds. The van der Waals surface area contributed by atoms with E-state index in [1.807, 2.05) is 32.0 Å². The average molecular weight is 524 g/mol. The molecule has 1 aliphatic heterocycles. The minimum absolute atomic E-state index is 0.0637. The Morgan fingerprint density at radius 2 is 1.81 bits per heavy atom. The van der Waals surface area contributed by atoms with Gasteiger partial charge in [-0.25, -0.2) is 8.42 Å². The molecule has 3 aromatic rings. The van der Waals surface area contributed by atoms with Crippen LogP contribution in [0.2, 0.25) is 0 Å². The van der Waals surface area contributed by atoms with E-state index >= 15 is 0 Å². The number of fused-ring (bicyclic) bond motifs is 3. The van der Waals surface area contributed by atoms with Gasteiger partial charge in [-0.15, -0.1) is 0 Å². The summed E-state index contributed by atoms with van der Waals surface area (Å²) in [6, 6.07) is 11.9. The van der Waals surface area contributed by atoms with Crippen LogP contribution in [0.5, 0.6) is 0 Å². The highest BCUT2D eigenvalue weighted by Gasteiger charge is 2.46. The van der Waals surface area contributed by atoms with Gasteiger partial charge in [0.15, 0.2) is 0 Å². The van der Waals surface area contributed by atoms with Crippen molar-refractivity contribution in [3.8, 4) is 6.07 Å². The number of nitrogens with zero attached hydrogens (tertiary/aromatic N) is 3. The predicted molar refractivity (Wildman–Crippen MR) is 143 cm³/mol. The average Bonchev–Trinajstić information content (AvgIpc) is 3.54. The van der Waals surface area contributed by atoms with Gasteiger partial charge in [-0.3, -0.25) is 4.79 Å². The molecule has 2 N–H and O–H groups in total. The maximum atomic E-state index is 13.4. The second-order valence-corrected chi connectivity index (χ2v) is 12.4. The summed E-state index contributed by atoms with van der Waals surface area (Å²) in [6.45, 7) is 7.73. The largest absolute Gasteiger partial charge is 0.456 e. The standard InChI is InChI=1S/C27H33N5O4S/c1-18(2)14-23(26(33)29-27(17-28)8-9-27)30-37(34,35)20-5-7-24-22(16-20)21-6-4-19(15-25(21)36-24)32-12-10-31(3)11-13-32/h4-7,15-16,18,23,30H,8-14H2,1-3H3,(H,29,33)/t23-/m0/s1. The van der Waals surface area contributed by atoms with Gasteiger partial charge in [0.05, 0.1) is 11.0 Å². The Balaban J connectivity index is 1.41. The van der Waals surface area contributed by atoms with Gasteiger partial charge in [-0.2, -0.15) is 9.98 Å². The van der Waals surface area contributed by atoms with Crippen LogP contribution in [-0.4, -0.2) is 64.0 Å². The van der Waals surface area contributed by atoms with Crippen molar-refractivity contribution >= 4 is 43.6 Å². The minimum Gasteiger partial charge on any atom is -0.456 e. The second kappa shape index (κ2) is 9.63. The smallest absolute Gasteiger partial charge is 0.241 e. The maximum Gasteiger partial charge on any atom is 0.241 e. The topological polar surface area (TPSA) is 119 Å². The van der Waals surface area contributed by atoms with Crippen molar-refractivity contribution in [3.63, 3.8) is 0 Å². The third kappa shape index (κ3) is 5.30. The highest BCUT2D eigenvalue weighted by molar-refractivity contribution is 7.89. The molecule has 0 bridgehead atoms. The first kappa shape index (κ1) is 25.5. The lowest BCUT2D eigenvalue weighted by Gasteiger charge is -2.34. The first-order valence-electron chi connectivity index (χ1n) is 12.7. The van der Waals surface area contributed by atoms with E-state index in [2.05, 4.69) is 33.0 Å². The molecule has 9 nitrogen and oxygen atoms in total. The number of carbonyl (C=O) groups is 1. The van der Waals surface area contributed by atoms with Gasteiger partial charge in [-0.1, -0.05) is 13.8 Å². The van der Waals surface area contributed by atoms with Crippen LogP contribution in [0.15, 0.2) is 45.7 Å². The molecule has 1 saturated heterocycles. The van der Waals surface area contributed by atoms with E-state index in [-0.39, 0.29) is 10.8 Å². The maximum absolute atomic E-state index is 13.4. The zero-order chi connectivity index (χ0) is 26.4. The fourth-order valence-electron chi connectivity index (χ4n) is 4.82. The molecule has 2 aliphatic rings. The fourth-order valence-corrected chi connectivity index (χ4v) is 6.06. The number of likely N-dealkylation sites (N-methyl/N-ethyl adjacent to an activating group) is 1. The fraction of sp³-hybridized carbons (Fsp3) is 0.481. The van der Waals surface area contributed by atoms with Crippen molar-refractivity contribution in [2.45, 2.75) is 49.6 Å². The molecule has 5 rings (SSSR count). The molecule has 37 heavy (non-hydrogen) atoms. The number of nitriles is 1. The van der Waals surface area contributed by atoms with Crippen LogP contribution in [0.1, 0.15) is 33.1 Å². The Bertz CT molecular complexity index is 1480. The molecule has 1 aromatic heterocycles. The van der Waals surface area contributed by atoms with E-state index in [1.54, 1.807) is 12.1 Å². The van der Waals surface area contributed by atoms with Crippen LogP contribution >= 0.6 is 0 Å². The Hall–Kier alpha value is -3.13. The van der Waals surface area contributed by atoms with Gasteiger partial charge >= 0.3 is 0 Å². The zero-order valence-corrected chi connectivity index (χ0v) is 22.3. The molecule has 2 fully saturated rings. The molecule has 0 radical (unpaired) electrons. The van der Waals surface area contributed by atoms with Gasteiger partial charge in [0, 0.05) is 48.7 Å². The summed E-state index contributed by atoms with van der Waals surface area (Å²) in [5, 5.41) is 13.6.